The van der Waals surface area contributed by atoms with Gasteiger partial charge in [-0.1, -0.05) is 6.07 Å². The molecule has 1 aromatic rings. The maximum Gasteiger partial charge on any atom is 0.238 e. The lowest BCUT2D eigenvalue weighted by atomic mass is 10.1. The zero-order chi connectivity index (χ0) is 14.4. The summed E-state index contributed by atoms with van der Waals surface area (Å²) in [6.07, 6.45) is 4.61. The van der Waals surface area contributed by atoms with E-state index in [1.807, 2.05) is 20.2 Å². The molecule has 2 N–H and O–H groups in total. The van der Waals surface area contributed by atoms with E-state index >= 15 is 0 Å². The number of fused-ring (bicyclic) bond motifs is 1. The van der Waals surface area contributed by atoms with Crippen LogP contribution in [-0.2, 0) is 17.6 Å². The Morgan fingerprint density at radius 2 is 2.10 bits per heavy atom. The number of carbonyl (C=O) groups excluding carboxylic acids is 1. The van der Waals surface area contributed by atoms with Gasteiger partial charge in [0.05, 0.1) is 6.54 Å². The molecule has 1 aromatic carbocycles. The highest BCUT2D eigenvalue weighted by molar-refractivity contribution is 5.92. The number of likely N-dealkylation sites (N-methyl/N-ethyl adjacent to an activating group) is 1. The first-order valence-corrected chi connectivity index (χ1v) is 7.44. The van der Waals surface area contributed by atoms with Gasteiger partial charge in [-0.15, -0.1) is 0 Å². The van der Waals surface area contributed by atoms with Crippen LogP contribution in [0.4, 0.5) is 5.69 Å². The van der Waals surface area contributed by atoms with E-state index in [9.17, 15) is 4.79 Å². The summed E-state index contributed by atoms with van der Waals surface area (Å²) < 4.78 is 0. The standard InChI is InChI=1S/C16H25N3O/c1-17-9-4-10-19(2)12-16(20)18-15-8-7-13-5-3-6-14(13)11-15/h7-8,11,17H,3-6,9-10,12H2,1-2H3,(H,18,20). The van der Waals surface area contributed by atoms with Crippen LogP contribution in [0.1, 0.15) is 24.0 Å². The number of nitrogens with one attached hydrogen (secondary N) is 2. The van der Waals surface area contributed by atoms with Crippen LogP contribution >= 0.6 is 0 Å². The number of hydrogen-bond acceptors (Lipinski definition) is 3. The van der Waals surface area contributed by atoms with E-state index in [-0.39, 0.29) is 5.91 Å². The first-order chi connectivity index (χ1) is 9.69. The van der Waals surface area contributed by atoms with Crippen LogP contribution in [0.5, 0.6) is 0 Å². The van der Waals surface area contributed by atoms with Gasteiger partial charge < -0.3 is 10.6 Å². The number of aryl methyl sites for hydroxylation is 2. The van der Waals surface area contributed by atoms with Crippen molar-refractivity contribution in [2.45, 2.75) is 25.7 Å². The Balaban J connectivity index is 1.79. The normalized spacial score (nSPS) is 13.6. The lowest BCUT2D eigenvalue weighted by Gasteiger charge is -2.16. The van der Waals surface area contributed by atoms with Gasteiger partial charge >= 0.3 is 0 Å². The monoisotopic (exact) mass is 275 g/mol. The third-order valence-corrected chi connectivity index (χ3v) is 3.76. The maximum absolute atomic E-state index is 12.0. The Morgan fingerprint density at radius 1 is 1.30 bits per heavy atom. The molecule has 0 atom stereocenters. The van der Waals surface area contributed by atoms with E-state index in [1.165, 1.54) is 24.0 Å². The fourth-order valence-corrected chi connectivity index (χ4v) is 2.70. The summed E-state index contributed by atoms with van der Waals surface area (Å²) in [5, 5.41) is 6.11. The molecule has 0 unspecified atom stereocenters. The molecule has 4 heteroatoms. The predicted octanol–water partition coefficient (Wildman–Crippen LogP) is 1.66. The van der Waals surface area contributed by atoms with Crippen LogP contribution < -0.4 is 10.6 Å². The van der Waals surface area contributed by atoms with Gasteiger partial charge in [0.25, 0.3) is 0 Å². The van der Waals surface area contributed by atoms with E-state index in [0.717, 1.165) is 31.6 Å². The van der Waals surface area contributed by atoms with Crippen molar-refractivity contribution in [3.8, 4) is 0 Å². The summed E-state index contributed by atoms with van der Waals surface area (Å²) in [6, 6.07) is 6.29. The zero-order valence-electron chi connectivity index (χ0n) is 12.5. The molecule has 0 saturated heterocycles. The summed E-state index contributed by atoms with van der Waals surface area (Å²) >= 11 is 0. The van der Waals surface area contributed by atoms with Gasteiger partial charge in [-0.25, -0.2) is 0 Å². The van der Waals surface area contributed by atoms with Crippen LogP contribution in [0, 0.1) is 0 Å². The smallest absolute Gasteiger partial charge is 0.238 e. The minimum absolute atomic E-state index is 0.0647. The second-order valence-electron chi connectivity index (χ2n) is 5.58. The average Bonchev–Trinajstić information content (AvgIpc) is 2.86. The Hall–Kier alpha value is -1.39. The predicted molar refractivity (Wildman–Crippen MR) is 83.1 cm³/mol. The van der Waals surface area contributed by atoms with Crippen LogP contribution in [0.3, 0.4) is 0 Å². The number of carbonyl (C=O) groups is 1. The molecular weight excluding hydrogens is 250 g/mol. The Labute approximate surface area is 121 Å². The van der Waals surface area contributed by atoms with Crippen molar-refractivity contribution in [3.05, 3.63) is 29.3 Å². The van der Waals surface area contributed by atoms with Gasteiger partial charge in [-0.05, 0) is 76.1 Å². The lowest BCUT2D eigenvalue weighted by Crippen LogP contribution is -2.31. The highest BCUT2D eigenvalue weighted by Crippen LogP contribution is 2.24. The van der Waals surface area contributed by atoms with Crippen molar-refractivity contribution in [2.24, 2.45) is 0 Å². The minimum Gasteiger partial charge on any atom is -0.325 e. The maximum atomic E-state index is 12.0. The molecule has 0 radical (unpaired) electrons. The third kappa shape index (κ3) is 4.32. The second kappa shape index (κ2) is 7.41. The number of benzene rings is 1. The Morgan fingerprint density at radius 3 is 2.90 bits per heavy atom. The molecule has 4 nitrogen and oxygen atoms in total. The van der Waals surface area contributed by atoms with Gasteiger partial charge in [0, 0.05) is 5.69 Å². The van der Waals surface area contributed by atoms with Gasteiger partial charge in [0.1, 0.15) is 0 Å². The third-order valence-electron chi connectivity index (χ3n) is 3.76. The molecular formula is C16H25N3O. The lowest BCUT2D eigenvalue weighted by molar-refractivity contribution is -0.117. The summed E-state index contributed by atoms with van der Waals surface area (Å²) in [6.45, 7) is 2.36. The van der Waals surface area contributed by atoms with Gasteiger partial charge in [-0.2, -0.15) is 0 Å². The van der Waals surface area contributed by atoms with Crippen molar-refractivity contribution < 1.29 is 4.79 Å². The summed E-state index contributed by atoms with van der Waals surface area (Å²) in [5.41, 5.74) is 3.76. The first-order valence-electron chi connectivity index (χ1n) is 7.44. The number of hydrogen-bond donors (Lipinski definition) is 2. The molecule has 0 bridgehead atoms. The Bertz CT molecular complexity index is 459. The summed E-state index contributed by atoms with van der Waals surface area (Å²) in [5.74, 6) is 0.0647. The summed E-state index contributed by atoms with van der Waals surface area (Å²) in [4.78, 5) is 14.0. The molecule has 2 rings (SSSR count). The molecule has 110 valence electrons. The topological polar surface area (TPSA) is 44.4 Å². The van der Waals surface area contributed by atoms with Crippen LogP contribution in [0.2, 0.25) is 0 Å². The van der Waals surface area contributed by atoms with Crippen molar-refractivity contribution in [3.63, 3.8) is 0 Å². The molecule has 0 heterocycles. The summed E-state index contributed by atoms with van der Waals surface area (Å²) in [7, 11) is 3.93. The molecule has 20 heavy (non-hydrogen) atoms. The van der Waals surface area contributed by atoms with E-state index in [4.69, 9.17) is 0 Å². The van der Waals surface area contributed by atoms with Crippen LogP contribution in [0.15, 0.2) is 18.2 Å². The van der Waals surface area contributed by atoms with Crippen LogP contribution in [-0.4, -0.2) is 44.5 Å². The zero-order valence-corrected chi connectivity index (χ0v) is 12.5. The molecule has 0 aromatic heterocycles. The van der Waals surface area contributed by atoms with E-state index in [0.29, 0.717) is 6.54 Å². The molecule has 0 fully saturated rings. The average molecular weight is 275 g/mol. The van der Waals surface area contributed by atoms with E-state index in [1.54, 1.807) is 0 Å². The molecule has 0 saturated carbocycles. The highest BCUT2D eigenvalue weighted by Gasteiger charge is 2.12. The van der Waals surface area contributed by atoms with Gasteiger partial charge in [0.15, 0.2) is 0 Å². The van der Waals surface area contributed by atoms with Crippen molar-refractivity contribution >= 4 is 11.6 Å². The quantitative estimate of drug-likeness (QED) is 0.744. The van der Waals surface area contributed by atoms with Gasteiger partial charge in [0.2, 0.25) is 5.91 Å². The van der Waals surface area contributed by atoms with Crippen molar-refractivity contribution in [2.75, 3.05) is 39.0 Å². The number of rotatable bonds is 7. The highest BCUT2D eigenvalue weighted by atomic mass is 16.2. The molecule has 0 aliphatic heterocycles. The van der Waals surface area contributed by atoms with Crippen LogP contribution in [0.25, 0.3) is 0 Å². The Kier molecular flexibility index (Phi) is 5.56. The largest absolute Gasteiger partial charge is 0.325 e. The van der Waals surface area contributed by atoms with Gasteiger partial charge in [-0.3, -0.25) is 9.69 Å². The number of amides is 1. The van der Waals surface area contributed by atoms with E-state index < -0.39 is 0 Å². The SMILES string of the molecule is CNCCCN(C)CC(=O)Nc1ccc2c(c1)CCC2. The van der Waals surface area contributed by atoms with Crippen molar-refractivity contribution in [1.82, 2.24) is 10.2 Å². The fourth-order valence-electron chi connectivity index (χ4n) is 2.70. The molecule has 1 amide bonds. The molecule has 0 spiro atoms. The second-order valence-corrected chi connectivity index (χ2v) is 5.58. The number of nitrogens with zero attached hydrogens (tertiary/aromatic N) is 1. The van der Waals surface area contributed by atoms with Crippen molar-refractivity contribution in [1.29, 1.82) is 0 Å². The minimum atomic E-state index is 0.0647. The molecule has 1 aliphatic carbocycles. The van der Waals surface area contributed by atoms with E-state index in [2.05, 4.69) is 27.7 Å². The first kappa shape index (κ1) is 15.0. The molecule has 1 aliphatic rings. The fraction of sp³-hybridized carbons (Fsp3) is 0.562. The number of anilines is 1.